The number of amides is 1. The first-order valence-electron chi connectivity index (χ1n) is 6.90. The Morgan fingerprint density at radius 2 is 2.09 bits per heavy atom. The van der Waals surface area contributed by atoms with Crippen LogP contribution in [0.5, 0.6) is 0 Å². The molecule has 0 saturated carbocycles. The van der Waals surface area contributed by atoms with Crippen LogP contribution in [0.4, 0.5) is 5.69 Å². The third kappa shape index (κ3) is 2.16. The number of hydrogen-bond acceptors (Lipinski definition) is 3. The van der Waals surface area contributed by atoms with E-state index in [4.69, 9.17) is 0 Å². The van der Waals surface area contributed by atoms with Gasteiger partial charge in [-0.2, -0.15) is 0 Å². The number of benzene rings is 2. The third-order valence-corrected chi connectivity index (χ3v) is 4.53. The zero-order chi connectivity index (χ0) is 15.1. The number of carbonyl (C=O) groups excluding carboxylic acids is 1. The van der Waals surface area contributed by atoms with Gasteiger partial charge in [0.05, 0.1) is 15.7 Å². The standard InChI is InChI=1S/C17H13N3OS/c1-20-7-6-11-2-3-12(8-15(11)20)17(21)19-13-4-5-14-16(9-13)22-10-18-14/h2-10H,1H3,(H,19,21). The lowest BCUT2D eigenvalue weighted by Gasteiger charge is -2.06. The summed E-state index contributed by atoms with van der Waals surface area (Å²) in [5, 5.41) is 4.08. The van der Waals surface area contributed by atoms with E-state index in [1.54, 1.807) is 16.8 Å². The Morgan fingerprint density at radius 1 is 1.18 bits per heavy atom. The number of thiazole rings is 1. The van der Waals surface area contributed by atoms with Crippen LogP contribution in [-0.2, 0) is 7.05 Å². The van der Waals surface area contributed by atoms with Crippen LogP contribution >= 0.6 is 11.3 Å². The van der Waals surface area contributed by atoms with Gasteiger partial charge in [-0.3, -0.25) is 4.79 Å². The quantitative estimate of drug-likeness (QED) is 0.607. The van der Waals surface area contributed by atoms with Gasteiger partial charge in [0.2, 0.25) is 0 Å². The molecule has 4 aromatic rings. The van der Waals surface area contributed by atoms with Gasteiger partial charge in [-0.25, -0.2) is 4.98 Å². The van der Waals surface area contributed by atoms with Crippen molar-refractivity contribution in [1.29, 1.82) is 0 Å². The van der Waals surface area contributed by atoms with Crippen molar-refractivity contribution in [3.05, 3.63) is 59.7 Å². The summed E-state index contributed by atoms with van der Waals surface area (Å²) in [6, 6.07) is 13.5. The van der Waals surface area contributed by atoms with Gasteiger partial charge in [0.1, 0.15) is 0 Å². The fraction of sp³-hybridized carbons (Fsp3) is 0.0588. The van der Waals surface area contributed by atoms with E-state index in [-0.39, 0.29) is 5.91 Å². The predicted octanol–water partition coefficient (Wildman–Crippen LogP) is 4.04. The lowest BCUT2D eigenvalue weighted by atomic mass is 10.1. The molecule has 0 unspecified atom stereocenters. The molecule has 0 atom stereocenters. The van der Waals surface area contributed by atoms with Gasteiger partial charge in [0.25, 0.3) is 5.91 Å². The SMILES string of the molecule is Cn1ccc2ccc(C(=O)Nc3ccc4ncsc4c3)cc21. The minimum absolute atomic E-state index is 0.105. The Bertz CT molecular complexity index is 999. The molecular weight excluding hydrogens is 294 g/mol. The van der Waals surface area contributed by atoms with E-state index in [0.29, 0.717) is 5.56 Å². The summed E-state index contributed by atoms with van der Waals surface area (Å²) in [7, 11) is 1.97. The number of hydrogen-bond donors (Lipinski definition) is 1. The van der Waals surface area contributed by atoms with Crippen LogP contribution in [0, 0.1) is 0 Å². The zero-order valence-electron chi connectivity index (χ0n) is 11.9. The molecule has 2 aromatic heterocycles. The number of aryl methyl sites for hydroxylation is 1. The Balaban J connectivity index is 1.65. The van der Waals surface area contributed by atoms with E-state index < -0.39 is 0 Å². The van der Waals surface area contributed by atoms with Crippen molar-refractivity contribution in [2.24, 2.45) is 7.05 Å². The zero-order valence-corrected chi connectivity index (χ0v) is 12.7. The average molecular weight is 307 g/mol. The molecule has 4 rings (SSSR count). The molecule has 0 aliphatic carbocycles. The third-order valence-electron chi connectivity index (χ3n) is 3.74. The molecule has 0 fully saturated rings. The minimum Gasteiger partial charge on any atom is -0.351 e. The van der Waals surface area contributed by atoms with E-state index in [1.165, 1.54) is 0 Å². The number of rotatable bonds is 2. The second kappa shape index (κ2) is 4.96. The molecule has 0 saturated heterocycles. The van der Waals surface area contributed by atoms with Gasteiger partial charge < -0.3 is 9.88 Å². The van der Waals surface area contributed by atoms with Crippen molar-refractivity contribution in [3.63, 3.8) is 0 Å². The maximum absolute atomic E-state index is 12.4. The summed E-state index contributed by atoms with van der Waals surface area (Å²) in [5.41, 5.74) is 5.24. The number of nitrogens with one attached hydrogen (secondary N) is 1. The van der Waals surface area contributed by atoms with Crippen LogP contribution < -0.4 is 5.32 Å². The topological polar surface area (TPSA) is 46.9 Å². The van der Waals surface area contributed by atoms with Crippen LogP contribution in [0.2, 0.25) is 0 Å². The molecule has 5 heteroatoms. The van der Waals surface area contributed by atoms with Gasteiger partial charge in [0.15, 0.2) is 0 Å². The van der Waals surface area contributed by atoms with E-state index in [0.717, 1.165) is 26.8 Å². The number of nitrogens with zero attached hydrogens (tertiary/aromatic N) is 2. The number of anilines is 1. The van der Waals surface area contributed by atoms with Crippen molar-refractivity contribution in [2.45, 2.75) is 0 Å². The summed E-state index contributed by atoms with van der Waals surface area (Å²) >= 11 is 1.56. The maximum Gasteiger partial charge on any atom is 0.255 e. The van der Waals surface area contributed by atoms with Gasteiger partial charge in [-0.05, 0) is 41.8 Å². The number of aromatic nitrogens is 2. The van der Waals surface area contributed by atoms with E-state index in [1.807, 2.05) is 60.3 Å². The molecule has 0 aliphatic heterocycles. The van der Waals surface area contributed by atoms with Gasteiger partial charge in [0, 0.05) is 30.0 Å². The minimum atomic E-state index is -0.105. The highest BCUT2D eigenvalue weighted by molar-refractivity contribution is 7.16. The van der Waals surface area contributed by atoms with Crippen molar-refractivity contribution < 1.29 is 4.79 Å². The van der Waals surface area contributed by atoms with Gasteiger partial charge in [-0.15, -0.1) is 11.3 Å². The first-order chi connectivity index (χ1) is 10.7. The number of fused-ring (bicyclic) bond motifs is 2. The molecule has 2 aromatic carbocycles. The van der Waals surface area contributed by atoms with Crippen LogP contribution in [0.1, 0.15) is 10.4 Å². The van der Waals surface area contributed by atoms with Crippen molar-refractivity contribution in [3.8, 4) is 0 Å². The van der Waals surface area contributed by atoms with Gasteiger partial charge in [-0.1, -0.05) is 6.07 Å². The Labute approximate surface area is 131 Å². The second-order valence-corrected chi connectivity index (χ2v) is 6.08. The van der Waals surface area contributed by atoms with E-state index >= 15 is 0 Å². The normalized spacial score (nSPS) is 11.1. The summed E-state index contributed by atoms with van der Waals surface area (Å²) < 4.78 is 3.07. The summed E-state index contributed by atoms with van der Waals surface area (Å²) in [4.78, 5) is 16.7. The molecule has 0 radical (unpaired) electrons. The Morgan fingerprint density at radius 3 is 3.00 bits per heavy atom. The summed E-state index contributed by atoms with van der Waals surface area (Å²) in [6.45, 7) is 0. The predicted molar refractivity (Wildman–Crippen MR) is 90.5 cm³/mol. The number of carbonyl (C=O) groups is 1. The van der Waals surface area contributed by atoms with Crippen LogP contribution in [0.15, 0.2) is 54.2 Å². The largest absolute Gasteiger partial charge is 0.351 e. The van der Waals surface area contributed by atoms with Crippen molar-refractivity contribution >= 4 is 44.1 Å². The Hall–Kier alpha value is -2.66. The molecule has 1 N–H and O–H groups in total. The molecular formula is C17H13N3OS. The molecule has 1 amide bonds. The lowest BCUT2D eigenvalue weighted by Crippen LogP contribution is -2.11. The second-order valence-electron chi connectivity index (χ2n) is 5.19. The molecule has 0 bridgehead atoms. The Kier molecular flexibility index (Phi) is 2.94. The highest BCUT2D eigenvalue weighted by Gasteiger charge is 2.09. The molecule has 2 heterocycles. The van der Waals surface area contributed by atoms with Crippen LogP contribution in [-0.4, -0.2) is 15.5 Å². The van der Waals surface area contributed by atoms with E-state index in [2.05, 4.69) is 10.3 Å². The highest BCUT2D eigenvalue weighted by Crippen LogP contribution is 2.23. The first kappa shape index (κ1) is 13.0. The first-order valence-corrected chi connectivity index (χ1v) is 7.78. The molecule has 108 valence electrons. The summed E-state index contributed by atoms with van der Waals surface area (Å²) in [5.74, 6) is -0.105. The average Bonchev–Trinajstić information content (AvgIpc) is 3.13. The van der Waals surface area contributed by atoms with Crippen molar-refractivity contribution in [2.75, 3.05) is 5.32 Å². The fourth-order valence-corrected chi connectivity index (χ4v) is 3.26. The van der Waals surface area contributed by atoms with Crippen molar-refractivity contribution in [1.82, 2.24) is 9.55 Å². The molecule has 22 heavy (non-hydrogen) atoms. The molecule has 0 aliphatic rings. The smallest absolute Gasteiger partial charge is 0.255 e. The fourth-order valence-electron chi connectivity index (χ4n) is 2.54. The molecule has 4 nitrogen and oxygen atoms in total. The lowest BCUT2D eigenvalue weighted by molar-refractivity contribution is 0.102. The van der Waals surface area contributed by atoms with Gasteiger partial charge >= 0.3 is 0 Å². The van der Waals surface area contributed by atoms with Crippen LogP contribution in [0.3, 0.4) is 0 Å². The summed E-state index contributed by atoms with van der Waals surface area (Å²) in [6.07, 6.45) is 1.99. The monoisotopic (exact) mass is 307 g/mol. The van der Waals surface area contributed by atoms with Crippen LogP contribution in [0.25, 0.3) is 21.1 Å². The maximum atomic E-state index is 12.4. The molecule has 0 spiro atoms. The van der Waals surface area contributed by atoms with E-state index in [9.17, 15) is 4.79 Å². The highest BCUT2D eigenvalue weighted by atomic mass is 32.1.